The molecule has 0 aliphatic rings. The van der Waals surface area contributed by atoms with Crippen molar-refractivity contribution in [1.82, 2.24) is 9.78 Å². The first-order valence-corrected chi connectivity index (χ1v) is 10.9. The summed E-state index contributed by atoms with van der Waals surface area (Å²) < 4.78 is 38.9. The fourth-order valence-electron chi connectivity index (χ4n) is 3.09. The molecule has 2 amide bonds. The molecular formula is C22H20ClF3N4O2S. The second kappa shape index (κ2) is 9.88. The van der Waals surface area contributed by atoms with Crippen molar-refractivity contribution in [3.05, 3.63) is 70.5 Å². The highest BCUT2D eigenvalue weighted by Gasteiger charge is 2.29. The lowest BCUT2D eigenvalue weighted by Crippen LogP contribution is -2.25. The van der Waals surface area contributed by atoms with Gasteiger partial charge in [0.05, 0.1) is 16.4 Å². The number of nitrogens with one attached hydrogen (secondary N) is 2. The maximum Gasteiger partial charge on any atom is 0.446 e. The number of benzene rings is 2. The number of hydrogen-bond acceptors (Lipinski definition) is 4. The van der Waals surface area contributed by atoms with E-state index in [1.54, 1.807) is 23.7 Å². The SMILES string of the molecule is Cc1cc(C)n(C(C)C(=O)Nc2ccc(NC(=O)c3ccc(SC(F)(F)F)cc3)cc2Cl)n1. The Morgan fingerprint density at radius 1 is 1.06 bits per heavy atom. The van der Waals surface area contributed by atoms with Gasteiger partial charge in [-0.1, -0.05) is 11.6 Å². The van der Waals surface area contributed by atoms with E-state index in [1.165, 1.54) is 30.3 Å². The number of amides is 2. The van der Waals surface area contributed by atoms with Crippen LogP contribution >= 0.6 is 23.4 Å². The van der Waals surface area contributed by atoms with Crippen LogP contribution in [0.5, 0.6) is 0 Å². The van der Waals surface area contributed by atoms with Crippen molar-refractivity contribution in [2.24, 2.45) is 0 Å². The second-order valence-corrected chi connectivity index (χ2v) is 8.80. The molecule has 0 aliphatic carbocycles. The maximum atomic E-state index is 12.6. The average molecular weight is 497 g/mol. The van der Waals surface area contributed by atoms with E-state index in [1.807, 2.05) is 19.9 Å². The molecule has 0 fully saturated rings. The minimum absolute atomic E-state index is 0.0168. The molecule has 11 heteroatoms. The fraction of sp³-hybridized carbons (Fsp3) is 0.227. The predicted molar refractivity (Wildman–Crippen MR) is 123 cm³/mol. The molecule has 1 unspecified atom stereocenters. The van der Waals surface area contributed by atoms with Crippen LogP contribution in [0.2, 0.25) is 5.02 Å². The highest BCUT2D eigenvalue weighted by Crippen LogP contribution is 2.36. The third-order valence-corrected chi connectivity index (χ3v) is 5.68. The Balaban J connectivity index is 1.64. The fourth-order valence-corrected chi connectivity index (χ4v) is 3.86. The molecule has 0 spiro atoms. The van der Waals surface area contributed by atoms with Crippen molar-refractivity contribution in [2.75, 3.05) is 10.6 Å². The van der Waals surface area contributed by atoms with Gasteiger partial charge in [-0.25, -0.2) is 0 Å². The Labute approximate surface area is 197 Å². The van der Waals surface area contributed by atoms with Crippen molar-refractivity contribution in [2.45, 2.75) is 37.2 Å². The summed E-state index contributed by atoms with van der Waals surface area (Å²) in [6.45, 7) is 5.42. The number of nitrogens with zero attached hydrogens (tertiary/aromatic N) is 2. The molecule has 174 valence electrons. The number of aromatic nitrogens is 2. The van der Waals surface area contributed by atoms with Gasteiger partial charge in [0.15, 0.2) is 0 Å². The highest BCUT2D eigenvalue weighted by atomic mass is 35.5. The Bertz CT molecular complexity index is 1180. The van der Waals surface area contributed by atoms with Crippen LogP contribution in [0.3, 0.4) is 0 Å². The number of anilines is 2. The quantitative estimate of drug-likeness (QED) is 0.397. The van der Waals surface area contributed by atoms with Crippen LogP contribution in [0.4, 0.5) is 24.5 Å². The van der Waals surface area contributed by atoms with Crippen LogP contribution in [-0.4, -0.2) is 27.1 Å². The first kappa shape index (κ1) is 24.7. The number of carbonyl (C=O) groups is 2. The molecule has 0 radical (unpaired) electrons. The van der Waals surface area contributed by atoms with Crippen LogP contribution in [0.25, 0.3) is 0 Å². The van der Waals surface area contributed by atoms with Crippen LogP contribution in [-0.2, 0) is 4.79 Å². The van der Waals surface area contributed by atoms with Gasteiger partial charge in [-0.3, -0.25) is 14.3 Å². The van der Waals surface area contributed by atoms with Gasteiger partial charge in [0.25, 0.3) is 5.91 Å². The first-order valence-electron chi connectivity index (χ1n) is 9.73. The van der Waals surface area contributed by atoms with Gasteiger partial charge in [0.1, 0.15) is 6.04 Å². The summed E-state index contributed by atoms with van der Waals surface area (Å²) in [5.74, 6) is -0.818. The molecule has 3 rings (SSSR count). The number of carbonyl (C=O) groups excluding carboxylic acids is 2. The molecule has 0 saturated carbocycles. The molecular weight excluding hydrogens is 477 g/mol. The van der Waals surface area contributed by atoms with E-state index in [-0.39, 0.29) is 33.2 Å². The maximum absolute atomic E-state index is 12.6. The largest absolute Gasteiger partial charge is 0.446 e. The van der Waals surface area contributed by atoms with E-state index in [0.717, 1.165) is 11.4 Å². The number of thioether (sulfide) groups is 1. The Kier molecular flexibility index (Phi) is 7.38. The van der Waals surface area contributed by atoms with Gasteiger partial charge in [-0.2, -0.15) is 18.3 Å². The van der Waals surface area contributed by atoms with Crippen LogP contribution in [0.1, 0.15) is 34.7 Å². The molecule has 0 bridgehead atoms. The standard InChI is InChI=1S/C22H20ClF3N4O2S/c1-12-10-13(2)30(29-12)14(3)20(31)28-19-9-6-16(11-18(19)23)27-21(32)15-4-7-17(8-5-15)33-22(24,25)26/h4-11,14H,1-3H3,(H,27,32)(H,28,31). The van der Waals surface area contributed by atoms with Gasteiger partial charge in [-0.15, -0.1) is 0 Å². The summed E-state index contributed by atoms with van der Waals surface area (Å²) in [5.41, 5.74) is -1.83. The zero-order valence-electron chi connectivity index (χ0n) is 17.8. The zero-order valence-corrected chi connectivity index (χ0v) is 19.4. The van der Waals surface area contributed by atoms with Gasteiger partial charge in [0, 0.05) is 21.8 Å². The number of aryl methyl sites for hydroxylation is 2. The minimum atomic E-state index is -4.40. The first-order chi connectivity index (χ1) is 15.4. The number of alkyl halides is 3. The number of hydrogen-bond donors (Lipinski definition) is 2. The lowest BCUT2D eigenvalue weighted by molar-refractivity contribution is -0.119. The minimum Gasteiger partial charge on any atom is -0.323 e. The molecule has 3 aromatic rings. The summed E-state index contributed by atoms with van der Waals surface area (Å²) in [7, 11) is 0. The third kappa shape index (κ3) is 6.52. The summed E-state index contributed by atoms with van der Waals surface area (Å²) in [6.07, 6.45) is 0. The van der Waals surface area contributed by atoms with Crippen molar-refractivity contribution >= 4 is 46.6 Å². The van der Waals surface area contributed by atoms with Crippen molar-refractivity contribution < 1.29 is 22.8 Å². The molecule has 1 heterocycles. The molecule has 2 aromatic carbocycles. The lowest BCUT2D eigenvalue weighted by atomic mass is 10.2. The van der Waals surface area contributed by atoms with E-state index >= 15 is 0 Å². The third-order valence-electron chi connectivity index (χ3n) is 4.63. The van der Waals surface area contributed by atoms with Crippen molar-refractivity contribution in [3.8, 4) is 0 Å². The van der Waals surface area contributed by atoms with E-state index in [0.29, 0.717) is 11.4 Å². The summed E-state index contributed by atoms with van der Waals surface area (Å²) >= 11 is 6.02. The van der Waals surface area contributed by atoms with Gasteiger partial charge >= 0.3 is 5.51 Å². The number of rotatable bonds is 6. The molecule has 6 nitrogen and oxygen atoms in total. The second-order valence-electron chi connectivity index (χ2n) is 7.26. The van der Waals surface area contributed by atoms with E-state index < -0.39 is 17.5 Å². The monoisotopic (exact) mass is 496 g/mol. The van der Waals surface area contributed by atoms with Gasteiger partial charge in [0.2, 0.25) is 5.91 Å². The van der Waals surface area contributed by atoms with Gasteiger partial charge in [-0.05, 0) is 81.1 Å². The van der Waals surface area contributed by atoms with Crippen LogP contribution in [0, 0.1) is 13.8 Å². The summed E-state index contributed by atoms with van der Waals surface area (Å²) in [4.78, 5) is 25.0. The Hall–Kier alpha value is -2.98. The van der Waals surface area contributed by atoms with E-state index in [4.69, 9.17) is 11.6 Å². The molecule has 2 N–H and O–H groups in total. The molecule has 1 aromatic heterocycles. The van der Waals surface area contributed by atoms with Crippen LogP contribution < -0.4 is 10.6 Å². The van der Waals surface area contributed by atoms with Crippen molar-refractivity contribution in [3.63, 3.8) is 0 Å². The summed E-state index contributed by atoms with van der Waals surface area (Å²) in [6, 6.07) is 10.9. The number of halogens is 4. The molecule has 0 aliphatic heterocycles. The van der Waals surface area contributed by atoms with E-state index in [2.05, 4.69) is 15.7 Å². The van der Waals surface area contributed by atoms with Crippen LogP contribution in [0.15, 0.2) is 53.4 Å². The predicted octanol–water partition coefficient (Wildman–Crippen LogP) is 6.22. The summed E-state index contributed by atoms with van der Waals surface area (Å²) in [5, 5.41) is 9.89. The highest BCUT2D eigenvalue weighted by molar-refractivity contribution is 8.00. The average Bonchev–Trinajstić information content (AvgIpc) is 3.06. The smallest absolute Gasteiger partial charge is 0.323 e. The Morgan fingerprint density at radius 3 is 2.27 bits per heavy atom. The van der Waals surface area contributed by atoms with E-state index in [9.17, 15) is 22.8 Å². The normalized spacial score (nSPS) is 12.3. The molecule has 1 atom stereocenters. The van der Waals surface area contributed by atoms with Crippen molar-refractivity contribution in [1.29, 1.82) is 0 Å². The lowest BCUT2D eigenvalue weighted by Gasteiger charge is -2.16. The molecule has 33 heavy (non-hydrogen) atoms. The zero-order chi connectivity index (χ0) is 24.3. The molecule has 0 saturated heterocycles. The van der Waals surface area contributed by atoms with Gasteiger partial charge < -0.3 is 10.6 Å². The Morgan fingerprint density at radius 2 is 1.73 bits per heavy atom. The topological polar surface area (TPSA) is 76.0 Å².